The van der Waals surface area contributed by atoms with Crippen molar-refractivity contribution in [2.24, 2.45) is 0 Å². The van der Waals surface area contributed by atoms with Crippen LogP contribution in [0.2, 0.25) is 0 Å². The number of fused-ring (bicyclic) bond motifs is 1. The molecule has 1 aromatic carbocycles. The van der Waals surface area contributed by atoms with Gasteiger partial charge in [-0.3, -0.25) is 14.5 Å². The second kappa shape index (κ2) is 8.22. The number of amides is 4. The summed E-state index contributed by atoms with van der Waals surface area (Å²) < 4.78 is 5.16. The van der Waals surface area contributed by atoms with Crippen LogP contribution in [0.5, 0.6) is 0 Å². The summed E-state index contributed by atoms with van der Waals surface area (Å²) in [5.41, 5.74) is 2.08. The van der Waals surface area contributed by atoms with Gasteiger partial charge >= 0.3 is 6.03 Å². The van der Waals surface area contributed by atoms with Crippen LogP contribution in [-0.4, -0.2) is 40.3 Å². The number of hydrogen-bond donors (Lipinski definition) is 3. The van der Waals surface area contributed by atoms with Gasteiger partial charge in [0.15, 0.2) is 0 Å². The first-order chi connectivity index (χ1) is 14.1. The summed E-state index contributed by atoms with van der Waals surface area (Å²) in [6.45, 7) is 0.598. The van der Waals surface area contributed by atoms with Crippen LogP contribution in [0.25, 0.3) is 10.9 Å². The van der Waals surface area contributed by atoms with Crippen LogP contribution in [0.3, 0.4) is 0 Å². The minimum Gasteiger partial charge on any atom is -0.467 e. The van der Waals surface area contributed by atoms with Gasteiger partial charge in [-0.1, -0.05) is 18.2 Å². The monoisotopic (exact) mass is 394 g/mol. The van der Waals surface area contributed by atoms with Gasteiger partial charge in [0.1, 0.15) is 11.8 Å². The topological polar surface area (TPSA) is 107 Å². The Bertz CT molecular complexity index is 1020. The third kappa shape index (κ3) is 4.16. The van der Waals surface area contributed by atoms with E-state index in [2.05, 4.69) is 15.6 Å². The molecule has 2 aromatic heterocycles. The molecule has 0 bridgehead atoms. The van der Waals surface area contributed by atoms with Gasteiger partial charge in [-0.25, -0.2) is 4.79 Å². The fourth-order valence-electron chi connectivity index (χ4n) is 3.52. The molecule has 0 aliphatic carbocycles. The van der Waals surface area contributed by atoms with Gasteiger partial charge in [-0.15, -0.1) is 0 Å². The van der Waals surface area contributed by atoms with E-state index < -0.39 is 12.1 Å². The average molecular weight is 394 g/mol. The minimum atomic E-state index is -0.667. The number of imide groups is 1. The van der Waals surface area contributed by atoms with E-state index in [-0.39, 0.29) is 24.7 Å². The molecule has 1 saturated heterocycles. The molecule has 0 radical (unpaired) electrons. The number of aromatic amines is 1. The highest BCUT2D eigenvalue weighted by Gasteiger charge is 2.37. The molecule has 3 heterocycles. The number of carbonyl (C=O) groups is 3. The highest BCUT2D eigenvalue weighted by Crippen LogP contribution is 2.19. The zero-order chi connectivity index (χ0) is 20.2. The van der Waals surface area contributed by atoms with Crippen LogP contribution < -0.4 is 10.6 Å². The first-order valence-corrected chi connectivity index (χ1v) is 9.58. The van der Waals surface area contributed by atoms with Crippen molar-refractivity contribution < 1.29 is 18.8 Å². The molecule has 4 amide bonds. The van der Waals surface area contributed by atoms with Gasteiger partial charge < -0.3 is 20.0 Å². The molecule has 0 unspecified atom stereocenters. The number of aromatic nitrogens is 1. The van der Waals surface area contributed by atoms with Crippen LogP contribution in [0.1, 0.15) is 24.2 Å². The van der Waals surface area contributed by atoms with E-state index in [1.54, 1.807) is 18.4 Å². The molecule has 1 atom stereocenters. The number of nitrogens with zero attached hydrogens (tertiary/aromatic N) is 1. The van der Waals surface area contributed by atoms with Gasteiger partial charge in [0.25, 0.3) is 5.91 Å². The lowest BCUT2D eigenvalue weighted by Gasteiger charge is -2.12. The SMILES string of the molecule is O=C(CC[C@H]1NC(=O)N(CCc2c[nH]c3ccccc23)C1=O)NCc1ccco1. The Hall–Kier alpha value is -3.55. The Balaban J connectivity index is 1.27. The van der Waals surface area contributed by atoms with Crippen molar-refractivity contribution in [3.8, 4) is 0 Å². The lowest BCUT2D eigenvalue weighted by Crippen LogP contribution is -2.33. The summed E-state index contributed by atoms with van der Waals surface area (Å²) in [5, 5.41) is 6.50. The molecular weight excluding hydrogens is 372 g/mol. The van der Waals surface area contributed by atoms with Crippen LogP contribution in [-0.2, 0) is 22.6 Å². The predicted octanol–water partition coefficient (Wildman–Crippen LogP) is 2.32. The van der Waals surface area contributed by atoms with Crippen molar-refractivity contribution >= 4 is 28.7 Å². The highest BCUT2D eigenvalue weighted by atomic mass is 16.3. The number of carbonyl (C=O) groups excluding carboxylic acids is 3. The van der Waals surface area contributed by atoms with E-state index in [1.807, 2.05) is 30.5 Å². The largest absolute Gasteiger partial charge is 0.467 e. The summed E-state index contributed by atoms with van der Waals surface area (Å²) in [4.78, 5) is 41.2. The van der Waals surface area contributed by atoms with E-state index in [4.69, 9.17) is 4.42 Å². The second-order valence-electron chi connectivity index (χ2n) is 7.00. The van der Waals surface area contributed by atoms with E-state index >= 15 is 0 Å². The van der Waals surface area contributed by atoms with Gasteiger partial charge in [0, 0.05) is 30.1 Å². The molecule has 3 N–H and O–H groups in total. The summed E-state index contributed by atoms with van der Waals surface area (Å²) in [6.07, 6.45) is 4.43. The number of hydrogen-bond acceptors (Lipinski definition) is 4. The zero-order valence-corrected chi connectivity index (χ0v) is 15.8. The highest BCUT2D eigenvalue weighted by molar-refractivity contribution is 6.04. The van der Waals surface area contributed by atoms with Crippen LogP contribution in [0, 0.1) is 0 Å². The average Bonchev–Trinajstić information content (AvgIpc) is 3.44. The molecule has 1 aliphatic rings. The molecule has 29 heavy (non-hydrogen) atoms. The van der Waals surface area contributed by atoms with Gasteiger partial charge in [-0.2, -0.15) is 0 Å². The summed E-state index contributed by atoms with van der Waals surface area (Å²) in [7, 11) is 0. The van der Waals surface area contributed by atoms with Crippen LogP contribution in [0.4, 0.5) is 4.79 Å². The zero-order valence-electron chi connectivity index (χ0n) is 15.8. The Morgan fingerprint density at radius 2 is 2.03 bits per heavy atom. The fourth-order valence-corrected chi connectivity index (χ4v) is 3.52. The molecule has 1 fully saturated rings. The molecule has 8 nitrogen and oxygen atoms in total. The lowest BCUT2D eigenvalue weighted by molar-refractivity contribution is -0.127. The Morgan fingerprint density at radius 3 is 2.86 bits per heavy atom. The Kier molecular flexibility index (Phi) is 5.33. The van der Waals surface area contributed by atoms with Gasteiger partial charge in [-0.05, 0) is 36.6 Å². The quantitative estimate of drug-likeness (QED) is 0.510. The van der Waals surface area contributed by atoms with Crippen molar-refractivity contribution in [2.75, 3.05) is 6.54 Å². The molecule has 1 aliphatic heterocycles. The molecule has 150 valence electrons. The molecule has 3 aromatic rings. The first kappa shape index (κ1) is 18.8. The molecule has 0 saturated carbocycles. The van der Waals surface area contributed by atoms with E-state index in [1.165, 1.54) is 4.90 Å². The number of urea groups is 1. The first-order valence-electron chi connectivity index (χ1n) is 9.58. The maximum atomic E-state index is 12.6. The standard InChI is InChI=1S/C21H22N4O4/c26-19(23-13-15-4-3-11-29-15)8-7-18-20(27)25(21(28)24-18)10-9-14-12-22-17-6-2-1-5-16(14)17/h1-6,11-12,18,22H,7-10,13H2,(H,23,26)(H,24,28)/t18-/m1/s1. The van der Waals surface area contributed by atoms with Crippen molar-refractivity contribution in [3.63, 3.8) is 0 Å². The Labute approximate surface area is 167 Å². The maximum absolute atomic E-state index is 12.6. The lowest BCUT2D eigenvalue weighted by atomic mass is 10.1. The number of benzene rings is 1. The summed E-state index contributed by atoms with van der Waals surface area (Å²) in [5.74, 6) is 0.182. The number of rotatable bonds is 8. The fraction of sp³-hybridized carbons (Fsp3) is 0.286. The van der Waals surface area contributed by atoms with Gasteiger partial charge in [0.2, 0.25) is 5.91 Å². The number of nitrogens with one attached hydrogen (secondary N) is 3. The van der Waals surface area contributed by atoms with Crippen molar-refractivity contribution in [1.29, 1.82) is 0 Å². The minimum absolute atomic E-state index is 0.147. The van der Waals surface area contributed by atoms with Gasteiger partial charge in [0.05, 0.1) is 12.8 Å². The van der Waals surface area contributed by atoms with E-state index in [0.717, 1.165) is 16.5 Å². The number of H-pyrrole nitrogens is 1. The third-order valence-corrected chi connectivity index (χ3v) is 5.09. The van der Waals surface area contributed by atoms with E-state index in [9.17, 15) is 14.4 Å². The van der Waals surface area contributed by atoms with E-state index in [0.29, 0.717) is 25.3 Å². The molecule has 8 heteroatoms. The second-order valence-corrected chi connectivity index (χ2v) is 7.00. The Morgan fingerprint density at radius 1 is 1.17 bits per heavy atom. The third-order valence-electron chi connectivity index (χ3n) is 5.09. The maximum Gasteiger partial charge on any atom is 0.324 e. The normalized spacial score (nSPS) is 16.4. The number of para-hydroxylation sites is 1. The van der Waals surface area contributed by atoms with Crippen molar-refractivity contribution in [1.82, 2.24) is 20.5 Å². The summed E-state index contributed by atoms with van der Waals surface area (Å²) >= 11 is 0. The van der Waals surface area contributed by atoms with Crippen LogP contribution >= 0.6 is 0 Å². The number of furan rings is 1. The molecule has 4 rings (SSSR count). The smallest absolute Gasteiger partial charge is 0.324 e. The van der Waals surface area contributed by atoms with Crippen molar-refractivity contribution in [2.45, 2.75) is 31.8 Å². The molecule has 0 spiro atoms. The van der Waals surface area contributed by atoms with Crippen molar-refractivity contribution in [3.05, 3.63) is 60.2 Å². The molecular formula is C21H22N4O4. The summed E-state index contributed by atoms with van der Waals surface area (Å²) in [6, 6.07) is 10.4. The van der Waals surface area contributed by atoms with Crippen LogP contribution in [0.15, 0.2) is 53.3 Å². The predicted molar refractivity (Wildman–Crippen MR) is 106 cm³/mol.